The molecule has 1 aliphatic rings. The highest BCUT2D eigenvalue weighted by molar-refractivity contribution is 5.84. The maximum Gasteiger partial charge on any atom is 0.393 e. The van der Waals surface area contributed by atoms with Crippen LogP contribution in [-0.4, -0.2) is 45.8 Å². The van der Waals surface area contributed by atoms with Crippen molar-refractivity contribution in [3.8, 4) is 11.5 Å². The Kier molecular flexibility index (Phi) is 5.07. The molecular formula is C17H18F4N4O2. The van der Waals surface area contributed by atoms with Crippen LogP contribution in [0.2, 0.25) is 0 Å². The summed E-state index contributed by atoms with van der Waals surface area (Å²) < 4.78 is 57.0. The molecule has 3 atom stereocenters. The lowest BCUT2D eigenvalue weighted by atomic mass is 10.1. The largest absolute Gasteiger partial charge is 0.403 e. The molecule has 3 rings (SSSR count). The van der Waals surface area contributed by atoms with E-state index in [1.807, 2.05) is 0 Å². The molecule has 1 aromatic carbocycles. The van der Waals surface area contributed by atoms with Gasteiger partial charge < -0.3 is 14.6 Å². The summed E-state index contributed by atoms with van der Waals surface area (Å²) in [6.07, 6.45) is -4.44. The highest BCUT2D eigenvalue weighted by Crippen LogP contribution is 2.36. The molecule has 1 saturated heterocycles. The van der Waals surface area contributed by atoms with Gasteiger partial charge in [-0.25, -0.2) is 4.39 Å². The summed E-state index contributed by atoms with van der Waals surface area (Å²) in [5.41, 5.74) is 0.497. The molecule has 6 nitrogen and oxygen atoms in total. The zero-order valence-corrected chi connectivity index (χ0v) is 14.6. The second-order valence-electron chi connectivity index (χ2n) is 6.60. The van der Waals surface area contributed by atoms with Gasteiger partial charge in [-0.1, -0.05) is 5.10 Å². The van der Waals surface area contributed by atoms with Crippen LogP contribution in [0.4, 0.5) is 23.6 Å². The van der Waals surface area contributed by atoms with Crippen LogP contribution in [-0.2, 0) is 4.79 Å². The molecule has 27 heavy (non-hydrogen) atoms. The molecular weight excluding hydrogens is 368 g/mol. The van der Waals surface area contributed by atoms with Crippen molar-refractivity contribution < 1.29 is 26.8 Å². The minimum atomic E-state index is -4.32. The third-order valence-corrected chi connectivity index (χ3v) is 4.55. The van der Waals surface area contributed by atoms with Crippen molar-refractivity contribution in [3.05, 3.63) is 30.1 Å². The third kappa shape index (κ3) is 4.20. The fourth-order valence-corrected chi connectivity index (χ4v) is 3.06. The molecule has 1 N–H and O–H groups in total. The van der Waals surface area contributed by atoms with Crippen LogP contribution in [0.15, 0.2) is 28.7 Å². The number of aromatic nitrogens is 2. The number of likely N-dealkylation sites (tertiary alicyclic amines) is 1. The molecule has 0 unspecified atom stereocenters. The lowest BCUT2D eigenvalue weighted by molar-refractivity contribution is -0.171. The standard InChI is InChI=1S/C17H18F4N4O2/c1-9-7-12(17(19,20)21)8-25(9)15(26)10(2)22-16-24-23-14(27-16)11-3-5-13(18)6-4-11/h3-6,9-10,12H,7-8H2,1-2H3,(H,22,24)/t9-,10-,12+/m1/s1. The Morgan fingerprint density at radius 3 is 2.56 bits per heavy atom. The Morgan fingerprint density at radius 1 is 1.30 bits per heavy atom. The Labute approximate surface area is 152 Å². The van der Waals surface area contributed by atoms with Gasteiger partial charge in [-0.3, -0.25) is 4.79 Å². The summed E-state index contributed by atoms with van der Waals surface area (Å²) in [5, 5.41) is 10.3. The maximum absolute atomic E-state index is 13.0. The Hall–Kier alpha value is -2.65. The summed E-state index contributed by atoms with van der Waals surface area (Å²) >= 11 is 0. The maximum atomic E-state index is 13.0. The summed E-state index contributed by atoms with van der Waals surface area (Å²) in [5.74, 6) is -2.27. The molecule has 1 aromatic heterocycles. The van der Waals surface area contributed by atoms with Crippen LogP contribution >= 0.6 is 0 Å². The molecule has 10 heteroatoms. The number of hydrogen-bond acceptors (Lipinski definition) is 5. The van der Waals surface area contributed by atoms with Gasteiger partial charge in [-0.05, 0) is 44.5 Å². The normalized spacial score (nSPS) is 21.3. The molecule has 146 valence electrons. The van der Waals surface area contributed by atoms with Crippen molar-refractivity contribution >= 4 is 11.9 Å². The average molecular weight is 386 g/mol. The van der Waals surface area contributed by atoms with E-state index in [2.05, 4.69) is 15.5 Å². The van der Waals surface area contributed by atoms with Crippen molar-refractivity contribution in [3.63, 3.8) is 0 Å². The number of nitrogens with zero attached hydrogens (tertiary/aromatic N) is 3. The second kappa shape index (κ2) is 7.16. The van der Waals surface area contributed by atoms with Gasteiger partial charge in [-0.15, -0.1) is 5.10 Å². The van der Waals surface area contributed by atoms with E-state index in [9.17, 15) is 22.4 Å². The monoisotopic (exact) mass is 386 g/mol. The molecule has 0 bridgehead atoms. The lowest BCUT2D eigenvalue weighted by Gasteiger charge is -2.25. The van der Waals surface area contributed by atoms with E-state index in [0.717, 1.165) is 0 Å². The first-order chi connectivity index (χ1) is 12.6. The van der Waals surface area contributed by atoms with E-state index in [1.54, 1.807) is 6.92 Å². The molecule has 2 aromatic rings. The van der Waals surface area contributed by atoms with Crippen LogP contribution in [0.1, 0.15) is 20.3 Å². The van der Waals surface area contributed by atoms with Crippen LogP contribution in [0, 0.1) is 11.7 Å². The van der Waals surface area contributed by atoms with Gasteiger partial charge in [0.1, 0.15) is 11.9 Å². The smallest absolute Gasteiger partial charge is 0.393 e. The lowest BCUT2D eigenvalue weighted by Crippen LogP contribution is -2.43. The van der Waals surface area contributed by atoms with Crippen molar-refractivity contribution in [2.24, 2.45) is 5.92 Å². The van der Waals surface area contributed by atoms with E-state index >= 15 is 0 Å². The first-order valence-electron chi connectivity index (χ1n) is 8.38. The number of rotatable bonds is 4. The fourth-order valence-electron chi connectivity index (χ4n) is 3.06. The van der Waals surface area contributed by atoms with E-state index in [-0.39, 0.29) is 24.9 Å². The molecule has 0 aliphatic carbocycles. The van der Waals surface area contributed by atoms with Gasteiger partial charge in [0.2, 0.25) is 11.8 Å². The Bertz CT molecular complexity index is 806. The van der Waals surface area contributed by atoms with Crippen molar-refractivity contribution in [1.82, 2.24) is 15.1 Å². The number of halogens is 4. The second-order valence-corrected chi connectivity index (χ2v) is 6.60. The quantitative estimate of drug-likeness (QED) is 0.815. The third-order valence-electron chi connectivity index (χ3n) is 4.55. The van der Waals surface area contributed by atoms with Gasteiger partial charge in [0.15, 0.2) is 0 Å². The summed E-state index contributed by atoms with van der Waals surface area (Å²) in [7, 11) is 0. The van der Waals surface area contributed by atoms with Crippen LogP contribution in [0.25, 0.3) is 11.5 Å². The van der Waals surface area contributed by atoms with E-state index < -0.39 is 35.9 Å². The minimum absolute atomic E-state index is 0.0469. The van der Waals surface area contributed by atoms with E-state index in [0.29, 0.717) is 5.56 Å². The molecule has 1 amide bonds. The van der Waals surface area contributed by atoms with Crippen LogP contribution in [0.5, 0.6) is 0 Å². The number of alkyl halides is 3. The van der Waals surface area contributed by atoms with Gasteiger partial charge in [-0.2, -0.15) is 13.2 Å². The van der Waals surface area contributed by atoms with Crippen LogP contribution < -0.4 is 5.32 Å². The number of anilines is 1. The van der Waals surface area contributed by atoms with Gasteiger partial charge in [0.05, 0.1) is 5.92 Å². The molecule has 1 aliphatic heterocycles. The molecule has 1 fully saturated rings. The zero-order valence-electron chi connectivity index (χ0n) is 14.6. The van der Waals surface area contributed by atoms with E-state index in [1.165, 1.54) is 36.1 Å². The molecule has 0 saturated carbocycles. The Balaban J connectivity index is 1.64. The first kappa shape index (κ1) is 19.1. The zero-order chi connectivity index (χ0) is 19.8. The summed E-state index contributed by atoms with van der Waals surface area (Å²) in [6.45, 7) is 2.74. The van der Waals surface area contributed by atoms with Crippen molar-refractivity contribution in [1.29, 1.82) is 0 Å². The minimum Gasteiger partial charge on any atom is -0.403 e. The predicted molar refractivity (Wildman–Crippen MR) is 88.1 cm³/mol. The number of nitrogens with one attached hydrogen (secondary N) is 1. The fraction of sp³-hybridized carbons (Fsp3) is 0.471. The highest BCUT2D eigenvalue weighted by Gasteiger charge is 2.48. The van der Waals surface area contributed by atoms with Gasteiger partial charge in [0.25, 0.3) is 0 Å². The number of benzene rings is 1. The van der Waals surface area contributed by atoms with Gasteiger partial charge in [0, 0.05) is 18.2 Å². The van der Waals surface area contributed by atoms with Crippen LogP contribution in [0.3, 0.4) is 0 Å². The van der Waals surface area contributed by atoms with Crippen molar-refractivity contribution in [2.45, 2.75) is 38.5 Å². The van der Waals surface area contributed by atoms with E-state index in [4.69, 9.17) is 4.42 Å². The highest BCUT2D eigenvalue weighted by atomic mass is 19.4. The van der Waals surface area contributed by atoms with Gasteiger partial charge >= 0.3 is 12.2 Å². The predicted octanol–water partition coefficient (Wildman–Crippen LogP) is 3.48. The first-order valence-corrected chi connectivity index (χ1v) is 8.38. The van der Waals surface area contributed by atoms with Crippen molar-refractivity contribution in [2.75, 3.05) is 11.9 Å². The summed E-state index contributed by atoms with van der Waals surface area (Å²) in [4.78, 5) is 13.7. The Morgan fingerprint density at radius 2 is 1.96 bits per heavy atom. The topological polar surface area (TPSA) is 71.3 Å². The number of hydrogen-bond donors (Lipinski definition) is 1. The number of carbonyl (C=O) groups is 1. The summed E-state index contributed by atoms with van der Waals surface area (Å²) in [6, 6.07) is 4.01. The SMILES string of the molecule is C[C@@H]1C[C@H](C(F)(F)F)CN1C(=O)[C@@H](C)Nc1nnc(-c2ccc(F)cc2)o1. The molecule has 0 spiro atoms. The molecule has 2 heterocycles. The average Bonchev–Trinajstić information content (AvgIpc) is 3.21. The number of amides is 1. The number of carbonyl (C=O) groups excluding carboxylic acids is 1. The molecule has 0 radical (unpaired) electrons.